The van der Waals surface area contributed by atoms with E-state index in [4.69, 9.17) is 5.11 Å². The number of anilines is 1. The Balaban J connectivity index is 2.41. The number of benzene rings is 2. The van der Waals surface area contributed by atoms with Crippen molar-refractivity contribution in [2.75, 3.05) is 5.32 Å². The van der Waals surface area contributed by atoms with Crippen molar-refractivity contribution in [3.63, 3.8) is 0 Å². The molecule has 6 heteroatoms. The summed E-state index contributed by atoms with van der Waals surface area (Å²) in [5.41, 5.74) is -0.133. The molecule has 0 atom stereocenters. The zero-order chi connectivity index (χ0) is 15.6. The largest absolute Gasteiger partial charge is 0.507 e. The molecule has 0 aliphatic rings. The number of rotatable bonds is 3. The highest BCUT2D eigenvalue weighted by atomic mass is 19.1. The minimum absolute atomic E-state index is 0.0606. The molecule has 0 saturated carbocycles. The molecule has 0 unspecified atom stereocenters. The molecule has 108 valence electrons. The third kappa shape index (κ3) is 3.00. The molecule has 0 heterocycles. The van der Waals surface area contributed by atoms with Crippen molar-refractivity contribution in [2.24, 2.45) is 0 Å². The van der Waals surface area contributed by atoms with E-state index in [2.05, 4.69) is 5.32 Å². The highest BCUT2D eigenvalue weighted by Gasteiger charge is 2.19. The van der Waals surface area contributed by atoms with E-state index >= 15 is 0 Å². The van der Waals surface area contributed by atoms with Crippen LogP contribution in [0.5, 0.6) is 5.75 Å². The molecule has 0 bridgehead atoms. The van der Waals surface area contributed by atoms with E-state index in [1.807, 2.05) is 0 Å². The Labute approximate surface area is 119 Å². The van der Waals surface area contributed by atoms with Crippen molar-refractivity contribution in [2.45, 2.75) is 6.92 Å². The molecule has 21 heavy (non-hydrogen) atoms. The van der Waals surface area contributed by atoms with Crippen LogP contribution in [0, 0.1) is 12.7 Å². The first-order valence-corrected chi connectivity index (χ1v) is 6.03. The molecule has 0 aliphatic heterocycles. The molecular formula is C15H12FNO4. The lowest BCUT2D eigenvalue weighted by Gasteiger charge is -2.10. The second-order valence-electron chi connectivity index (χ2n) is 4.44. The lowest BCUT2D eigenvalue weighted by Crippen LogP contribution is -2.16. The number of carboxylic acids is 1. The van der Waals surface area contributed by atoms with Crippen molar-refractivity contribution >= 4 is 17.6 Å². The summed E-state index contributed by atoms with van der Waals surface area (Å²) in [4.78, 5) is 23.1. The van der Waals surface area contributed by atoms with E-state index in [0.717, 1.165) is 11.6 Å². The van der Waals surface area contributed by atoms with Gasteiger partial charge in [0.15, 0.2) is 0 Å². The Hall–Kier alpha value is -2.89. The smallest absolute Gasteiger partial charge is 0.337 e. The van der Waals surface area contributed by atoms with Crippen LogP contribution in [-0.4, -0.2) is 22.1 Å². The highest BCUT2D eigenvalue weighted by Crippen LogP contribution is 2.23. The summed E-state index contributed by atoms with van der Waals surface area (Å²) in [5, 5.41) is 20.9. The van der Waals surface area contributed by atoms with E-state index in [1.165, 1.54) is 24.3 Å². The number of carboxylic acid groups (broad SMARTS) is 1. The number of hydrogen-bond donors (Lipinski definition) is 3. The summed E-state index contributed by atoms with van der Waals surface area (Å²) in [6.07, 6.45) is 0. The number of aromatic carboxylic acids is 1. The third-order valence-electron chi connectivity index (χ3n) is 2.88. The topological polar surface area (TPSA) is 86.6 Å². The predicted molar refractivity (Wildman–Crippen MR) is 74.2 cm³/mol. The number of hydrogen-bond acceptors (Lipinski definition) is 3. The predicted octanol–water partition coefficient (Wildman–Crippen LogP) is 2.79. The SMILES string of the molecule is Cc1ccc(O)c(C(=O)Nc2c(F)cccc2C(=O)O)c1. The summed E-state index contributed by atoms with van der Waals surface area (Å²) in [6, 6.07) is 7.82. The summed E-state index contributed by atoms with van der Waals surface area (Å²) in [5.74, 6) is -3.29. The fraction of sp³-hybridized carbons (Fsp3) is 0.0667. The van der Waals surface area contributed by atoms with Gasteiger partial charge in [-0.2, -0.15) is 0 Å². The van der Waals surface area contributed by atoms with Crippen LogP contribution in [0.15, 0.2) is 36.4 Å². The lowest BCUT2D eigenvalue weighted by molar-refractivity contribution is 0.0697. The maximum atomic E-state index is 13.7. The zero-order valence-electron chi connectivity index (χ0n) is 11.1. The van der Waals surface area contributed by atoms with Crippen LogP contribution in [0.2, 0.25) is 0 Å². The van der Waals surface area contributed by atoms with Gasteiger partial charge in [-0.15, -0.1) is 0 Å². The molecule has 2 aromatic rings. The average molecular weight is 289 g/mol. The number of para-hydroxylation sites is 1. The van der Waals surface area contributed by atoms with Gasteiger partial charge in [-0.05, 0) is 31.2 Å². The normalized spacial score (nSPS) is 10.2. The van der Waals surface area contributed by atoms with Gasteiger partial charge in [0.2, 0.25) is 0 Å². The number of nitrogens with one attached hydrogen (secondary N) is 1. The van der Waals surface area contributed by atoms with Gasteiger partial charge in [-0.25, -0.2) is 9.18 Å². The molecular weight excluding hydrogens is 277 g/mol. The number of phenols is 1. The first-order chi connectivity index (χ1) is 9.90. The Morgan fingerprint density at radius 3 is 2.52 bits per heavy atom. The number of amides is 1. The van der Waals surface area contributed by atoms with E-state index in [1.54, 1.807) is 13.0 Å². The van der Waals surface area contributed by atoms with Crippen molar-refractivity contribution in [3.8, 4) is 5.75 Å². The van der Waals surface area contributed by atoms with Crippen LogP contribution < -0.4 is 5.32 Å². The molecule has 0 aliphatic carbocycles. The fourth-order valence-electron chi connectivity index (χ4n) is 1.84. The number of phenolic OH excluding ortho intramolecular Hbond substituents is 1. The first-order valence-electron chi connectivity index (χ1n) is 6.03. The molecule has 0 saturated heterocycles. The van der Waals surface area contributed by atoms with E-state index in [0.29, 0.717) is 0 Å². The minimum Gasteiger partial charge on any atom is -0.507 e. The molecule has 5 nitrogen and oxygen atoms in total. The van der Waals surface area contributed by atoms with Gasteiger partial charge in [0, 0.05) is 0 Å². The maximum Gasteiger partial charge on any atom is 0.337 e. The lowest BCUT2D eigenvalue weighted by atomic mass is 10.1. The third-order valence-corrected chi connectivity index (χ3v) is 2.88. The van der Waals surface area contributed by atoms with Crippen molar-refractivity contribution < 1.29 is 24.2 Å². The van der Waals surface area contributed by atoms with Crippen LogP contribution in [0.3, 0.4) is 0 Å². The van der Waals surface area contributed by atoms with Crippen LogP contribution in [0.1, 0.15) is 26.3 Å². The Kier molecular flexibility index (Phi) is 3.89. The van der Waals surface area contributed by atoms with Gasteiger partial charge in [-0.1, -0.05) is 17.7 Å². The van der Waals surface area contributed by atoms with E-state index < -0.39 is 23.4 Å². The first kappa shape index (κ1) is 14.5. The molecule has 3 N–H and O–H groups in total. The molecule has 0 fully saturated rings. The van der Waals surface area contributed by atoms with Crippen molar-refractivity contribution in [1.82, 2.24) is 0 Å². The molecule has 0 aromatic heterocycles. The summed E-state index contributed by atoms with van der Waals surface area (Å²) in [6.45, 7) is 1.72. The van der Waals surface area contributed by atoms with Gasteiger partial charge in [0.05, 0.1) is 16.8 Å². The second kappa shape index (κ2) is 5.62. The van der Waals surface area contributed by atoms with Gasteiger partial charge < -0.3 is 15.5 Å². The van der Waals surface area contributed by atoms with Crippen LogP contribution in [0.25, 0.3) is 0 Å². The van der Waals surface area contributed by atoms with E-state index in [9.17, 15) is 19.1 Å². The molecule has 0 radical (unpaired) electrons. The standard InChI is InChI=1S/C15H12FNO4/c1-8-5-6-12(18)10(7-8)14(19)17-13-9(15(20)21)3-2-4-11(13)16/h2-7,18H,1H3,(H,17,19)(H,20,21). The number of carbonyl (C=O) groups excluding carboxylic acids is 1. The van der Waals surface area contributed by atoms with Crippen LogP contribution >= 0.6 is 0 Å². The fourth-order valence-corrected chi connectivity index (χ4v) is 1.84. The van der Waals surface area contributed by atoms with Gasteiger partial charge >= 0.3 is 5.97 Å². The number of halogens is 1. The maximum absolute atomic E-state index is 13.7. The summed E-state index contributed by atoms with van der Waals surface area (Å²) >= 11 is 0. The number of carbonyl (C=O) groups is 2. The van der Waals surface area contributed by atoms with Gasteiger partial charge in [-0.3, -0.25) is 4.79 Å². The quantitative estimate of drug-likeness (QED) is 0.811. The Bertz CT molecular complexity index is 728. The minimum atomic E-state index is -1.36. The van der Waals surface area contributed by atoms with Crippen LogP contribution in [0.4, 0.5) is 10.1 Å². The van der Waals surface area contributed by atoms with Crippen LogP contribution in [-0.2, 0) is 0 Å². The van der Waals surface area contributed by atoms with Crippen molar-refractivity contribution in [1.29, 1.82) is 0 Å². The van der Waals surface area contributed by atoms with E-state index in [-0.39, 0.29) is 16.9 Å². The molecule has 1 amide bonds. The molecule has 0 spiro atoms. The molecule has 2 aromatic carbocycles. The highest BCUT2D eigenvalue weighted by molar-refractivity contribution is 6.09. The Morgan fingerprint density at radius 2 is 1.86 bits per heavy atom. The average Bonchev–Trinajstić information content (AvgIpc) is 2.43. The van der Waals surface area contributed by atoms with Gasteiger partial charge in [0.1, 0.15) is 11.6 Å². The van der Waals surface area contributed by atoms with Gasteiger partial charge in [0.25, 0.3) is 5.91 Å². The number of aryl methyl sites for hydroxylation is 1. The molecule has 2 rings (SSSR count). The second-order valence-corrected chi connectivity index (χ2v) is 4.44. The summed E-state index contributed by atoms with van der Waals surface area (Å²) < 4.78 is 13.7. The van der Waals surface area contributed by atoms with Crippen molar-refractivity contribution in [3.05, 3.63) is 58.9 Å². The zero-order valence-corrected chi connectivity index (χ0v) is 11.1. The monoisotopic (exact) mass is 289 g/mol. The Morgan fingerprint density at radius 1 is 1.14 bits per heavy atom. The number of aromatic hydroxyl groups is 1. The summed E-state index contributed by atoms with van der Waals surface area (Å²) in [7, 11) is 0.